The molecule has 5 rings (SSSR count). The van der Waals surface area contributed by atoms with Crippen LogP contribution < -0.4 is 4.90 Å². The second-order valence-electron chi connectivity index (χ2n) is 8.48. The number of hydrogen-bond donors (Lipinski definition) is 3. The molecule has 1 saturated heterocycles. The quantitative estimate of drug-likeness (QED) is 0.421. The van der Waals surface area contributed by atoms with Crippen LogP contribution in [0.1, 0.15) is 20.3 Å². The number of nitrogens with one attached hydrogen (secondary N) is 1. The third-order valence-electron chi connectivity index (χ3n) is 6.84. The highest BCUT2D eigenvalue weighted by molar-refractivity contribution is 5.91. The van der Waals surface area contributed by atoms with E-state index < -0.39 is 5.41 Å². The normalized spacial score (nSPS) is 18.2. The Hall–Kier alpha value is -2.75. The van der Waals surface area contributed by atoms with Gasteiger partial charge in [0.2, 0.25) is 5.95 Å². The van der Waals surface area contributed by atoms with Crippen LogP contribution in [-0.4, -0.2) is 66.0 Å². The molecule has 0 bridgehead atoms. The van der Waals surface area contributed by atoms with Crippen LogP contribution in [0.2, 0.25) is 0 Å². The minimum Gasteiger partial charge on any atom is -0.396 e. The summed E-state index contributed by atoms with van der Waals surface area (Å²) in [4.78, 5) is 23.8. The zero-order valence-corrected chi connectivity index (χ0v) is 19.0. The van der Waals surface area contributed by atoms with Gasteiger partial charge in [-0.25, -0.2) is 15.0 Å². The van der Waals surface area contributed by atoms with E-state index in [-0.39, 0.29) is 31.5 Å². The molecule has 0 aliphatic carbocycles. The van der Waals surface area contributed by atoms with Gasteiger partial charge in [0.05, 0.1) is 36.9 Å². The van der Waals surface area contributed by atoms with Gasteiger partial charge in [0.25, 0.3) is 0 Å². The number of rotatable bonds is 5. The average Bonchev–Trinajstić information content (AvgIpc) is 3.44. The van der Waals surface area contributed by atoms with Crippen LogP contribution in [0.15, 0.2) is 30.9 Å². The Morgan fingerprint density at radius 2 is 2.00 bits per heavy atom. The van der Waals surface area contributed by atoms with Crippen molar-refractivity contribution in [3.63, 3.8) is 0 Å². The summed E-state index contributed by atoms with van der Waals surface area (Å²) >= 11 is 0. The van der Waals surface area contributed by atoms with E-state index in [0.717, 1.165) is 34.4 Å². The van der Waals surface area contributed by atoms with Crippen LogP contribution in [0, 0.1) is 11.3 Å². The summed E-state index contributed by atoms with van der Waals surface area (Å²) < 4.78 is 2.11. The third-order valence-corrected chi connectivity index (χ3v) is 6.84. The fourth-order valence-electron chi connectivity index (χ4n) is 4.56. The van der Waals surface area contributed by atoms with Crippen LogP contribution in [0.4, 0.5) is 5.95 Å². The van der Waals surface area contributed by atoms with Gasteiger partial charge in [0.1, 0.15) is 11.2 Å². The van der Waals surface area contributed by atoms with Crippen molar-refractivity contribution in [1.29, 1.82) is 0 Å². The second kappa shape index (κ2) is 8.65. The van der Waals surface area contributed by atoms with Gasteiger partial charge >= 0.3 is 0 Å². The number of nitrogens with zero attached hydrogens (tertiary/aromatic N) is 6. The SMILES string of the molecule is CCn1cnc2cc(-c3nc(N4CCC(CO)(CO)C(C)C4)nc4nc[nH]c34)ccc21.Cl. The molecule has 0 saturated carbocycles. The zero-order valence-electron chi connectivity index (χ0n) is 18.2. The molecule has 3 N–H and O–H groups in total. The van der Waals surface area contributed by atoms with E-state index in [0.29, 0.717) is 31.1 Å². The molecule has 0 amide bonds. The topological polar surface area (TPSA) is 116 Å². The van der Waals surface area contributed by atoms with Crippen molar-refractivity contribution in [3.05, 3.63) is 30.9 Å². The molecule has 4 aromatic rings. The lowest BCUT2D eigenvalue weighted by Gasteiger charge is -2.44. The third kappa shape index (κ3) is 3.50. The molecule has 10 heteroatoms. The second-order valence-corrected chi connectivity index (χ2v) is 8.48. The number of benzene rings is 1. The van der Waals surface area contributed by atoms with Crippen molar-refractivity contribution in [2.24, 2.45) is 11.3 Å². The first kappa shape index (κ1) is 22.4. The predicted molar refractivity (Wildman–Crippen MR) is 126 cm³/mol. The molecule has 1 aliphatic rings. The van der Waals surface area contributed by atoms with Crippen molar-refractivity contribution in [1.82, 2.24) is 29.5 Å². The van der Waals surface area contributed by atoms with E-state index in [1.807, 2.05) is 6.33 Å². The molecule has 1 unspecified atom stereocenters. The molecule has 170 valence electrons. The van der Waals surface area contributed by atoms with Crippen molar-refractivity contribution in [2.45, 2.75) is 26.8 Å². The maximum atomic E-state index is 9.85. The number of aryl methyl sites for hydroxylation is 1. The van der Waals surface area contributed by atoms with E-state index in [2.05, 4.69) is 61.4 Å². The Bertz CT molecular complexity index is 1230. The molecule has 32 heavy (non-hydrogen) atoms. The van der Waals surface area contributed by atoms with Crippen LogP contribution in [-0.2, 0) is 6.54 Å². The van der Waals surface area contributed by atoms with Gasteiger partial charge in [-0.05, 0) is 31.4 Å². The van der Waals surface area contributed by atoms with Crippen LogP contribution in [0.5, 0.6) is 0 Å². The summed E-state index contributed by atoms with van der Waals surface area (Å²) in [7, 11) is 0. The number of anilines is 1. The molecule has 9 nitrogen and oxygen atoms in total. The molecule has 3 aromatic heterocycles. The first-order valence-corrected chi connectivity index (χ1v) is 10.7. The average molecular weight is 458 g/mol. The molecule has 1 atom stereocenters. The molecule has 1 aromatic carbocycles. The van der Waals surface area contributed by atoms with E-state index in [4.69, 9.17) is 4.98 Å². The Morgan fingerprint density at radius 1 is 1.19 bits per heavy atom. The van der Waals surface area contributed by atoms with Gasteiger partial charge in [-0.2, -0.15) is 4.98 Å². The molecule has 1 fully saturated rings. The van der Waals surface area contributed by atoms with Gasteiger partial charge in [0.15, 0.2) is 5.65 Å². The number of fused-ring (bicyclic) bond motifs is 2. The standard InChI is InChI=1S/C22H27N7O2.ClH/c1-3-28-13-25-16-8-15(4-5-17(16)28)18-19-20(24-12-23-19)27-21(26-18)29-7-6-22(10-30,11-31)14(2)9-29;/h4-5,8,12-14,30-31H,3,6-7,9-11H2,1-2H3,(H,23,24,26,27);1H. The summed E-state index contributed by atoms with van der Waals surface area (Å²) in [5.41, 5.74) is 4.72. The number of halogens is 1. The van der Waals surface area contributed by atoms with E-state index >= 15 is 0 Å². The summed E-state index contributed by atoms with van der Waals surface area (Å²) in [6.07, 6.45) is 4.17. The van der Waals surface area contributed by atoms with Gasteiger partial charge in [-0.1, -0.05) is 13.0 Å². The summed E-state index contributed by atoms with van der Waals surface area (Å²) in [6, 6.07) is 6.18. The van der Waals surface area contributed by atoms with Gasteiger partial charge in [-0.3, -0.25) is 0 Å². The number of H-pyrrole nitrogens is 1. The Morgan fingerprint density at radius 3 is 2.72 bits per heavy atom. The minimum atomic E-state index is -0.459. The lowest BCUT2D eigenvalue weighted by Crippen LogP contribution is -2.50. The highest BCUT2D eigenvalue weighted by atomic mass is 35.5. The summed E-state index contributed by atoms with van der Waals surface area (Å²) in [5, 5.41) is 19.7. The summed E-state index contributed by atoms with van der Waals surface area (Å²) in [5.74, 6) is 0.720. The molecule has 0 spiro atoms. The maximum Gasteiger partial charge on any atom is 0.228 e. The Labute approximate surface area is 192 Å². The van der Waals surface area contributed by atoms with Crippen LogP contribution in [0.3, 0.4) is 0 Å². The van der Waals surface area contributed by atoms with Crippen molar-refractivity contribution in [2.75, 3.05) is 31.2 Å². The van der Waals surface area contributed by atoms with E-state index in [1.165, 1.54) is 0 Å². The number of aliphatic hydroxyl groups excluding tert-OH is 2. The number of aromatic nitrogens is 6. The van der Waals surface area contributed by atoms with Crippen molar-refractivity contribution >= 4 is 40.6 Å². The number of hydrogen-bond acceptors (Lipinski definition) is 7. The predicted octanol–water partition coefficient (Wildman–Crippen LogP) is 2.63. The molecule has 0 radical (unpaired) electrons. The number of piperidine rings is 1. The summed E-state index contributed by atoms with van der Waals surface area (Å²) in [6.45, 7) is 6.32. The molecule has 4 heterocycles. The van der Waals surface area contributed by atoms with Crippen molar-refractivity contribution < 1.29 is 10.2 Å². The lowest BCUT2D eigenvalue weighted by molar-refractivity contribution is -0.00450. The Balaban J connectivity index is 0.00000245. The zero-order chi connectivity index (χ0) is 21.6. The Kier molecular flexibility index (Phi) is 6.07. The van der Waals surface area contributed by atoms with E-state index in [9.17, 15) is 10.2 Å². The fraction of sp³-hybridized carbons (Fsp3) is 0.455. The fourth-order valence-corrected chi connectivity index (χ4v) is 4.56. The molecule has 1 aliphatic heterocycles. The lowest BCUT2D eigenvalue weighted by atomic mass is 9.72. The van der Waals surface area contributed by atoms with Gasteiger partial charge in [0, 0.05) is 30.6 Å². The molecular weight excluding hydrogens is 430 g/mol. The first-order chi connectivity index (χ1) is 15.1. The van der Waals surface area contributed by atoms with Gasteiger partial charge < -0.3 is 24.7 Å². The highest BCUT2D eigenvalue weighted by Gasteiger charge is 2.40. The highest BCUT2D eigenvalue weighted by Crippen LogP contribution is 2.37. The number of aromatic amines is 1. The number of imidazole rings is 2. The molecular formula is C22H28ClN7O2. The maximum absolute atomic E-state index is 9.85. The van der Waals surface area contributed by atoms with Crippen molar-refractivity contribution in [3.8, 4) is 11.3 Å². The van der Waals surface area contributed by atoms with Crippen LogP contribution >= 0.6 is 12.4 Å². The van der Waals surface area contributed by atoms with Crippen LogP contribution in [0.25, 0.3) is 33.5 Å². The monoisotopic (exact) mass is 457 g/mol. The number of aliphatic hydroxyl groups is 2. The minimum absolute atomic E-state index is 0. The smallest absolute Gasteiger partial charge is 0.228 e. The largest absolute Gasteiger partial charge is 0.396 e. The van der Waals surface area contributed by atoms with E-state index in [1.54, 1.807) is 6.33 Å². The first-order valence-electron chi connectivity index (χ1n) is 10.7. The van der Waals surface area contributed by atoms with Gasteiger partial charge in [-0.15, -0.1) is 12.4 Å².